The van der Waals surface area contributed by atoms with Crippen LogP contribution in [0.25, 0.3) is 5.52 Å². The van der Waals surface area contributed by atoms with Gasteiger partial charge in [-0.05, 0) is 30.7 Å². The SMILES string of the molecule is CCC[C@H]1C(=O)Nc2ccccc2N1C(=O)c1ccn2cncc2c1. The normalized spacial score (nSPS) is 16.6. The van der Waals surface area contributed by atoms with Gasteiger partial charge < -0.3 is 9.72 Å². The number of imidazole rings is 1. The van der Waals surface area contributed by atoms with Gasteiger partial charge >= 0.3 is 0 Å². The molecule has 0 saturated heterocycles. The summed E-state index contributed by atoms with van der Waals surface area (Å²) >= 11 is 0. The Morgan fingerprint density at radius 3 is 2.96 bits per heavy atom. The first-order chi connectivity index (χ1) is 12.2. The van der Waals surface area contributed by atoms with Gasteiger partial charge in [0.05, 0.1) is 29.4 Å². The molecule has 0 radical (unpaired) electrons. The Morgan fingerprint density at radius 1 is 1.28 bits per heavy atom. The van der Waals surface area contributed by atoms with E-state index in [1.165, 1.54) is 0 Å². The summed E-state index contributed by atoms with van der Waals surface area (Å²) in [6.45, 7) is 2.01. The minimum Gasteiger partial charge on any atom is -0.322 e. The van der Waals surface area contributed by atoms with Gasteiger partial charge in [0, 0.05) is 11.8 Å². The second-order valence-electron chi connectivity index (χ2n) is 6.13. The van der Waals surface area contributed by atoms with Crippen LogP contribution in [0.1, 0.15) is 30.1 Å². The molecule has 0 aliphatic carbocycles. The lowest BCUT2D eigenvalue weighted by atomic mass is 10.0. The highest BCUT2D eigenvalue weighted by Gasteiger charge is 2.36. The molecular formula is C19H18N4O2. The zero-order valence-electron chi connectivity index (χ0n) is 13.8. The molecule has 2 amide bonds. The molecule has 126 valence electrons. The molecule has 0 spiro atoms. The summed E-state index contributed by atoms with van der Waals surface area (Å²) in [5.41, 5.74) is 2.78. The molecule has 25 heavy (non-hydrogen) atoms. The highest BCUT2D eigenvalue weighted by atomic mass is 16.2. The Morgan fingerprint density at radius 2 is 2.12 bits per heavy atom. The van der Waals surface area contributed by atoms with Crippen LogP contribution in [0.4, 0.5) is 11.4 Å². The van der Waals surface area contributed by atoms with Crippen molar-refractivity contribution in [3.63, 3.8) is 0 Å². The van der Waals surface area contributed by atoms with Crippen molar-refractivity contribution in [3.05, 3.63) is 60.7 Å². The second-order valence-corrected chi connectivity index (χ2v) is 6.13. The van der Waals surface area contributed by atoms with Crippen molar-refractivity contribution in [1.29, 1.82) is 0 Å². The van der Waals surface area contributed by atoms with E-state index in [0.717, 1.165) is 17.6 Å². The van der Waals surface area contributed by atoms with Crippen LogP contribution in [0.5, 0.6) is 0 Å². The molecule has 1 N–H and O–H groups in total. The van der Waals surface area contributed by atoms with E-state index in [4.69, 9.17) is 0 Å². The molecule has 6 nitrogen and oxygen atoms in total. The second kappa shape index (κ2) is 6.05. The fourth-order valence-corrected chi connectivity index (χ4v) is 3.27. The number of carbonyl (C=O) groups is 2. The zero-order valence-corrected chi connectivity index (χ0v) is 13.8. The number of rotatable bonds is 3. The van der Waals surface area contributed by atoms with Crippen molar-refractivity contribution >= 4 is 28.7 Å². The third kappa shape index (κ3) is 2.55. The molecule has 1 aliphatic heterocycles. The first-order valence-electron chi connectivity index (χ1n) is 8.34. The minimum atomic E-state index is -0.506. The Labute approximate surface area is 145 Å². The number of aromatic nitrogens is 2. The number of carbonyl (C=O) groups excluding carboxylic acids is 2. The number of anilines is 2. The summed E-state index contributed by atoms with van der Waals surface area (Å²) in [5.74, 6) is -0.316. The van der Waals surface area contributed by atoms with Crippen molar-refractivity contribution in [2.75, 3.05) is 10.2 Å². The van der Waals surface area contributed by atoms with Gasteiger partial charge in [0.1, 0.15) is 6.04 Å². The maximum Gasteiger partial charge on any atom is 0.259 e. The zero-order chi connectivity index (χ0) is 17.4. The molecule has 0 saturated carbocycles. The van der Waals surface area contributed by atoms with E-state index in [9.17, 15) is 9.59 Å². The van der Waals surface area contributed by atoms with Gasteiger partial charge in [-0.2, -0.15) is 0 Å². The fourth-order valence-electron chi connectivity index (χ4n) is 3.27. The summed E-state index contributed by atoms with van der Waals surface area (Å²) in [6, 6.07) is 10.5. The maximum atomic E-state index is 13.3. The molecular weight excluding hydrogens is 316 g/mol. The molecule has 3 heterocycles. The number of fused-ring (bicyclic) bond motifs is 2. The average molecular weight is 334 g/mol. The lowest BCUT2D eigenvalue weighted by Gasteiger charge is -2.36. The van der Waals surface area contributed by atoms with Crippen LogP contribution in [0.3, 0.4) is 0 Å². The third-order valence-electron chi connectivity index (χ3n) is 4.48. The molecule has 3 aromatic rings. The van der Waals surface area contributed by atoms with Crippen molar-refractivity contribution in [3.8, 4) is 0 Å². The summed E-state index contributed by atoms with van der Waals surface area (Å²) in [7, 11) is 0. The third-order valence-corrected chi connectivity index (χ3v) is 4.48. The predicted octanol–water partition coefficient (Wildman–Crippen LogP) is 3.10. The molecule has 1 aromatic carbocycles. The number of amides is 2. The number of hydrogen-bond acceptors (Lipinski definition) is 3. The Balaban J connectivity index is 1.81. The van der Waals surface area contributed by atoms with E-state index in [0.29, 0.717) is 17.7 Å². The highest BCUT2D eigenvalue weighted by molar-refractivity contribution is 6.16. The number of nitrogens with one attached hydrogen (secondary N) is 1. The highest BCUT2D eigenvalue weighted by Crippen LogP contribution is 2.34. The monoisotopic (exact) mass is 334 g/mol. The number of benzene rings is 1. The molecule has 4 rings (SSSR count). The average Bonchev–Trinajstić information content (AvgIpc) is 3.09. The number of para-hydroxylation sites is 2. The molecule has 0 fully saturated rings. The molecule has 1 aliphatic rings. The molecule has 0 unspecified atom stereocenters. The Bertz CT molecular complexity index is 963. The van der Waals surface area contributed by atoms with Crippen LogP contribution in [0.15, 0.2) is 55.1 Å². The van der Waals surface area contributed by atoms with Crippen LogP contribution >= 0.6 is 0 Å². The van der Waals surface area contributed by atoms with Gasteiger partial charge in [0.2, 0.25) is 5.91 Å². The fraction of sp³-hybridized carbons (Fsp3) is 0.211. The summed E-state index contributed by atoms with van der Waals surface area (Å²) in [4.78, 5) is 31.5. The standard InChI is InChI=1S/C19H18N4O2/c1-2-5-17-18(24)21-15-6-3-4-7-16(15)23(17)19(25)13-8-9-22-12-20-11-14(22)10-13/h3-4,6-12,17H,2,5H2,1H3,(H,21,24)/t17-/m0/s1. The van der Waals surface area contributed by atoms with Crippen molar-refractivity contribution < 1.29 is 9.59 Å². The topological polar surface area (TPSA) is 66.7 Å². The van der Waals surface area contributed by atoms with Crippen molar-refractivity contribution in [2.45, 2.75) is 25.8 Å². The minimum absolute atomic E-state index is 0.140. The Hall–Kier alpha value is -3.15. The Kier molecular flexibility index (Phi) is 3.72. The quantitative estimate of drug-likeness (QED) is 0.800. The molecule has 6 heteroatoms. The van der Waals surface area contributed by atoms with Gasteiger partial charge in [-0.15, -0.1) is 0 Å². The van der Waals surface area contributed by atoms with E-state index in [2.05, 4.69) is 10.3 Å². The van der Waals surface area contributed by atoms with E-state index in [1.54, 1.807) is 35.8 Å². The first-order valence-corrected chi connectivity index (χ1v) is 8.34. The van der Waals surface area contributed by atoms with Gasteiger partial charge in [-0.1, -0.05) is 25.5 Å². The molecule has 1 atom stereocenters. The van der Waals surface area contributed by atoms with Gasteiger partial charge in [-0.25, -0.2) is 4.98 Å². The largest absolute Gasteiger partial charge is 0.322 e. The van der Waals surface area contributed by atoms with Crippen LogP contribution < -0.4 is 10.2 Å². The van der Waals surface area contributed by atoms with Crippen molar-refractivity contribution in [2.24, 2.45) is 0 Å². The van der Waals surface area contributed by atoms with Crippen LogP contribution in [0.2, 0.25) is 0 Å². The number of hydrogen-bond donors (Lipinski definition) is 1. The van der Waals surface area contributed by atoms with Gasteiger partial charge in [0.15, 0.2) is 0 Å². The van der Waals surface area contributed by atoms with Crippen LogP contribution in [-0.4, -0.2) is 27.2 Å². The first kappa shape index (κ1) is 15.4. The summed E-state index contributed by atoms with van der Waals surface area (Å²) < 4.78 is 1.84. The van der Waals surface area contributed by atoms with E-state index < -0.39 is 6.04 Å². The molecule has 2 aromatic heterocycles. The molecule has 0 bridgehead atoms. The number of pyridine rings is 1. The lowest BCUT2D eigenvalue weighted by molar-refractivity contribution is -0.117. The van der Waals surface area contributed by atoms with Gasteiger partial charge in [0.25, 0.3) is 5.91 Å². The summed E-state index contributed by atoms with van der Waals surface area (Å²) in [5, 5.41) is 2.91. The number of nitrogens with zero attached hydrogens (tertiary/aromatic N) is 3. The van der Waals surface area contributed by atoms with E-state index >= 15 is 0 Å². The summed E-state index contributed by atoms with van der Waals surface area (Å²) in [6.07, 6.45) is 6.62. The van der Waals surface area contributed by atoms with Crippen LogP contribution in [0, 0.1) is 0 Å². The maximum absolute atomic E-state index is 13.3. The van der Waals surface area contributed by atoms with Gasteiger partial charge in [-0.3, -0.25) is 14.5 Å². The van der Waals surface area contributed by atoms with E-state index in [-0.39, 0.29) is 11.8 Å². The smallest absolute Gasteiger partial charge is 0.259 e. The van der Waals surface area contributed by atoms with E-state index in [1.807, 2.05) is 35.6 Å². The van der Waals surface area contributed by atoms with Crippen LogP contribution in [-0.2, 0) is 4.79 Å². The van der Waals surface area contributed by atoms with Crippen molar-refractivity contribution in [1.82, 2.24) is 9.38 Å². The lowest BCUT2D eigenvalue weighted by Crippen LogP contribution is -2.51. The predicted molar refractivity (Wildman–Crippen MR) is 95.8 cm³/mol.